The van der Waals surface area contributed by atoms with Crippen LogP contribution in [0.3, 0.4) is 0 Å². The van der Waals surface area contributed by atoms with Crippen molar-refractivity contribution in [3.63, 3.8) is 0 Å². The summed E-state index contributed by atoms with van der Waals surface area (Å²) in [4.78, 5) is 11.7. The first kappa shape index (κ1) is 18.0. The van der Waals surface area contributed by atoms with Gasteiger partial charge in [0.1, 0.15) is 0 Å². The van der Waals surface area contributed by atoms with Crippen molar-refractivity contribution >= 4 is 6.29 Å². The number of hydrogen-bond acceptors (Lipinski definition) is 3. The molecule has 0 aliphatic carbocycles. The molecule has 64 valence electrons. The van der Waals surface area contributed by atoms with Crippen LogP contribution in [-0.4, -0.2) is 36.3 Å². The zero-order valence-corrected chi connectivity index (χ0v) is 10.3. The van der Waals surface area contributed by atoms with Crippen molar-refractivity contribution in [2.24, 2.45) is 0 Å². The molecule has 0 aromatic heterocycles. The molecule has 0 radical (unpaired) electrons. The summed E-state index contributed by atoms with van der Waals surface area (Å²) in [5, 5.41) is 0. The Morgan fingerprint density at radius 3 is 2.00 bits per heavy atom. The van der Waals surface area contributed by atoms with Crippen molar-refractivity contribution in [1.29, 1.82) is 0 Å². The van der Waals surface area contributed by atoms with E-state index in [9.17, 15) is 4.79 Å². The second-order valence-corrected chi connectivity index (χ2v) is 2.81. The molecule has 1 N–H and O–H groups in total. The van der Waals surface area contributed by atoms with Crippen molar-refractivity contribution in [1.82, 2.24) is 4.90 Å². The summed E-state index contributed by atoms with van der Waals surface area (Å²) in [6, 6.07) is 0. The minimum atomic E-state index is -0.239. The summed E-state index contributed by atoms with van der Waals surface area (Å²) in [5.41, 5.74) is -0.239. The van der Waals surface area contributed by atoms with E-state index < -0.39 is 0 Å². The summed E-state index contributed by atoms with van der Waals surface area (Å²) < 4.78 is 0. The molecule has 4 heteroatoms. The van der Waals surface area contributed by atoms with Gasteiger partial charge < -0.3 is 21.1 Å². The minimum Gasteiger partial charge on any atom is -0.870 e. The van der Waals surface area contributed by atoms with Gasteiger partial charge in [0.05, 0.1) is 0 Å². The third-order valence-corrected chi connectivity index (χ3v) is 1.54. The average molecular weight is 178 g/mol. The molecule has 3 nitrogen and oxygen atoms in total. The van der Waals surface area contributed by atoms with E-state index in [-0.39, 0.29) is 40.6 Å². The van der Waals surface area contributed by atoms with Crippen molar-refractivity contribution in [2.75, 3.05) is 14.1 Å². The third-order valence-electron chi connectivity index (χ3n) is 1.54. The standard InChI is InChI=1S/C8H12NO.Na.H2O/c1-8(2,9(3)4)6-5-7-10;;/h1-4H3;;1H2/q-1;+1;/p-1. The predicted octanol–water partition coefficient (Wildman–Crippen LogP) is -2.73. The fraction of sp³-hybridized carbons (Fsp3) is 0.625. The van der Waals surface area contributed by atoms with Gasteiger partial charge in [-0.05, 0) is 19.6 Å². The molecule has 0 saturated carbocycles. The largest absolute Gasteiger partial charge is 1.00 e. The van der Waals surface area contributed by atoms with Gasteiger partial charge in [0.2, 0.25) is 0 Å². The van der Waals surface area contributed by atoms with Gasteiger partial charge in [-0.2, -0.15) is 0 Å². The van der Waals surface area contributed by atoms with Gasteiger partial charge in [0, 0.05) is 6.29 Å². The third kappa shape index (κ3) is 6.84. The monoisotopic (exact) mass is 178 g/mol. The number of rotatable bonds is 1. The molecular weight excluding hydrogens is 165 g/mol. The zero-order chi connectivity index (χ0) is 8.20. The Kier molecular flexibility index (Phi) is 11.7. The molecule has 0 atom stereocenters. The normalized spacial score (nSPS) is 8.75. The van der Waals surface area contributed by atoms with Crippen molar-refractivity contribution in [3.8, 4) is 11.8 Å². The molecule has 0 heterocycles. The molecule has 12 heavy (non-hydrogen) atoms. The Morgan fingerprint density at radius 2 is 1.75 bits per heavy atom. The first-order valence-corrected chi connectivity index (χ1v) is 3.07. The molecule has 0 rings (SSSR count). The predicted molar refractivity (Wildman–Crippen MR) is 43.2 cm³/mol. The molecule has 0 fully saturated rings. The summed E-state index contributed by atoms with van der Waals surface area (Å²) in [5.74, 6) is 5.03. The SMILES string of the molecule is CN(C)C(C)(C)C#C[C-]=O.[Na+].[OH-]. The maximum absolute atomic E-state index is 9.76. The van der Waals surface area contributed by atoms with Gasteiger partial charge in [-0.1, -0.05) is 13.8 Å². The van der Waals surface area contributed by atoms with E-state index in [1.54, 1.807) is 6.29 Å². The Labute approximate surface area is 96.1 Å². The Hall–Kier alpha value is 0.150. The molecule has 0 amide bonds. The fourth-order valence-electron chi connectivity index (χ4n) is 0.290. The van der Waals surface area contributed by atoms with Gasteiger partial charge >= 0.3 is 29.6 Å². The van der Waals surface area contributed by atoms with Gasteiger partial charge in [0.25, 0.3) is 0 Å². The van der Waals surface area contributed by atoms with Crippen LogP contribution in [0.2, 0.25) is 0 Å². The molecule has 0 aromatic carbocycles. The molecule has 0 bridgehead atoms. The van der Waals surface area contributed by atoms with Gasteiger partial charge in [-0.25, -0.2) is 0 Å². The van der Waals surface area contributed by atoms with E-state index in [2.05, 4.69) is 11.8 Å². The van der Waals surface area contributed by atoms with Crippen LogP contribution in [-0.2, 0) is 4.79 Å². The van der Waals surface area contributed by atoms with Crippen LogP contribution in [0.5, 0.6) is 0 Å². The van der Waals surface area contributed by atoms with E-state index in [4.69, 9.17) is 0 Å². The van der Waals surface area contributed by atoms with E-state index in [1.807, 2.05) is 32.8 Å². The molecule has 0 saturated heterocycles. The summed E-state index contributed by atoms with van der Waals surface area (Å²) in [7, 11) is 3.83. The van der Waals surface area contributed by atoms with E-state index in [0.717, 1.165) is 0 Å². The smallest absolute Gasteiger partial charge is 0.870 e. The van der Waals surface area contributed by atoms with Gasteiger partial charge in [-0.15, -0.1) is 0 Å². The van der Waals surface area contributed by atoms with E-state index in [1.165, 1.54) is 0 Å². The van der Waals surface area contributed by atoms with Gasteiger partial charge in [-0.3, -0.25) is 5.92 Å². The molecular formula is C8H13NNaO2-. The summed E-state index contributed by atoms with van der Waals surface area (Å²) in [6.45, 7) is 3.88. The van der Waals surface area contributed by atoms with Crippen molar-refractivity contribution < 1.29 is 39.8 Å². The molecule has 0 unspecified atom stereocenters. The van der Waals surface area contributed by atoms with Crippen LogP contribution in [0.1, 0.15) is 13.8 Å². The van der Waals surface area contributed by atoms with Crippen LogP contribution >= 0.6 is 0 Å². The van der Waals surface area contributed by atoms with Crippen molar-refractivity contribution in [2.45, 2.75) is 19.4 Å². The summed E-state index contributed by atoms with van der Waals surface area (Å²) >= 11 is 0. The fourth-order valence-corrected chi connectivity index (χ4v) is 0.290. The topological polar surface area (TPSA) is 50.3 Å². The first-order chi connectivity index (χ1) is 4.50. The maximum Gasteiger partial charge on any atom is 1.00 e. The second kappa shape index (κ2) is 7.78. The van der Waals surface area contributed by atoms with Crippen LogP contribution in [0.15, 0.2) is 0 Å². The maximum atomic E-state index is 9.76. The second-order valence-electron chi connectivity index (χ2n) is 2.81. The first-order valence-electron chi connectivity index (χ1n) is 3.07. The average Bonchev–Trinajstić information content (AvgIpc) is 1.84. The Balaban J connectivity index is -0.000000405. The van der Waals surface area contributed by atoms with E-state index in [0.29, 0.717) is 0 Å². The molecule has 0 spiro atoms. The number of hydrogen-bond donors (Lipinski definition) is 0. The minimum absolute atomic E-state index is 0. The van der Waals surface area contributed by atoms with Crippen molar-refractivity contribution in [3.05, 3.63) is 0 Å². The van der Waals surface area contributed by atoms with Crippen LogP contribution in [0, 0.1) is 11.8 Å². The number of carbonyl (C=O) groups excluding carboxylic acids is 1. The Morgan fingerprint density at radius 1 is 1.33 bits per heavy atom. The van der Waals surface area contributed by atoms with Gasteiger partial charge in [0.15, 0.2) is 0 Å². The van der Waals surface area contributed by atoms with Crippen LogP contribution in [0.25, 0.3) is 0 Å². The van der Waals surface area contributed by atoms with E-state index >= 15 is 0 Å². The zero-order valence-electron chi connectivity index (χ0n) is 8.30. The van der Waals surface area contributed by atoms with Crippen LogP contribution in [0.4, 0.5) is 0 Å². The molecule has 0 aliphatic heterocycles. The summed E-state index contributed by atoms with van der Waals surface area (Å²) in [6.07, 6.45) is 1.54. The Bertz CT molecular complexity index is 179. The quantitative estimate of drug-likeness (QED) is 0.249. The molecule has 0 aromatic rings. The molecule has 0 aliphatic rings. The number of nitrogens with zero attached hydrogens (tertiary/aromatic N) is 1. The van der Waals surface area contributed by atoms with Crippen LogP contribution < -0.4 is 29.6 Å².